The van der Waals surface area contributed by atoms with Gasteiger partial charge in [-0.2, -0.15) is 0 Å². The quantitative estimate of drug-likeness (QED) is 0.663. The van der Waals surface area contributed by atoms with Crippen molar-refractivity contribution in [2.24, 2.45) is 0 Å². The molecule has 0 aromatic heterocycles. The standard InChI is InChI=1S/C13H20N2O2/c1-11-6-5-7-12(10-11)15-13(17)14-8-3-2-4-9-16/h5-7,10,16H,2-4,8-9H2,1H3,(H2,14,15,17). The van der Waals surface area contributed by atoms with Crippen molar-refractivity contribution >= 4 is 11.7 Å². The van der Waals surface area contributed by atoms with Crippen molar-refractivity contribution < 1.29 is 9.90 Å². The van der Waals surface area contributed by atoms with E-state index in [9.17, 15) is 4.79 Å². The van der Waals surface area contributed by atoms with Gasteiger partial charge in [-0.25, -0.2) is 4.79 Å². The molecule has 1 rings (SSSR count). The number of aliphatic hydroxyl groups excluding tert-OH is 1. The van der Waals surface area contributed by atoms with Crippen LogP contribution in [0.2, 0.25) is 0 Å². The SMILES string of the molecule is Cc1cccc(NC(=O)NCCCCCO)c1. The minimum Gasteiger partial charge on any atom is -0.396 e. The number of aryl methyl sites for hydroxylation is 1. The topological polar surface area (TPSA) is 61.4 Å². The average Bonchev–Trinajstić information content (AvgIpc) is 2.29. The molecule has 0 aliphatic carbocycles. The van der Waals surface area contributed by atoms with Crippen molar-refractivity contribution in [1.29, 1.82) is 0 Å². The third kappa shape index (κ3) is 5.92. The first-order valence-electron chi connectivity index (χ1n) is 5.95. The predicted molar refractivity (Wildman–Crippen MR) is 69.1 cm³/mol. The summed E-state index contributed by atoms with van der Waals surface area (Å²) in [6, 6.07) is 7.49. The number of rotatable bonds is 6. The number of carbonyl (C=O) groups is 1. The molecule has 0 heterocycles. The van der Waals surface area contributed by atoms with Crippen molar-refractivity contribution in [2.45, 2.75) is 26.2 Å². The van der Waals surface area contributed by atoms with Crippen molar-refractivity contribution in [3.05, 3.63) is 29.8 Å². The fraction of sp³-hybridized carbons (Fsp3) is 0.462. The van der Waals surface area contributed by atoms with Crippen LogP contribution < -0.4 is 10.6 Å². The maximum absolute atomic E-state index is 11.5. The monoisotopic (exact) mass is 236 g/mol. The van der Waals surface area contributed by atoms with E-state index in [0.717, 1.165) is 30.5 Å². The first-order valence-corrected chi connectivity index (χ1v) is 5.95. The molecule has 0 radical (unpaired) electrons. The van der Waals surface area contributed by atoms with Gasteiger partial charge in [-0.05, 0) is 43.9 Å². The molecule has 3 N–H and O–H groups in total. The van der Waals surface area contributed by atoms with Crippen molar-refractivity contribution in [2.75, 3.05) is 18.5 Å². The molecule has 0 aliphatic heterocycles. The van der Waals surface area contributed by atoms with E-state index >= 15 is 0 Å². The molecule has 0 aliphatic rings. The molecule has 4 heteroatoms. The zero-order valence-electron chi connectivity index (χ0n) is 10.2. The Balaban J connectivity index is 2.21. The van der Waals surface area contributed by atoms with E-state index in [2.05, 4.69) is 10.6 Å². The lowest BCUT2D eigenvalue weighted by atomic mass is 10.2. The summed E-state index contributed by atoms with van der Waals surface area (Å²) < 4.78 is 0. The van der Waals surface area contributed by atoms with Crippen LogP contribution in [0.4, 0.5) is 10.5 Å². The molecule has 1 aromatic rings. The third-order valence-corrected chi connectivity index (χ3v) is 2.40. The lowest BCUT2D eigenvalue weighted by Gasteiger charge is -2.07. The van der Waals surface area contributed by atoms with Crippen molar-refractivity contribution in [3.8, 4) is 0 Å². The number of hydrogen-bond donors (Lipinski definition) is 3. The molecule has 2 amide bonds. The Bertz CT molecular complexity index is 353. The predicted octanol–water partition coefficient (Wildman–Crippen LogP) is 2.28. The van der Waals surface area contributed by atoms with Crippen LogP contribution in [0.15, 0.2) is 24.3 Å². The highest BCUT2D eigenvalue weighted by atomic mass is 16.2. The summed E-state index contributed by atoms with van der Waals surface area (Å²) in [5.74, 6) is 0. The van der Waals surface area contributed by atoms with Gasteiger partial charge in [0.15, 0.2) is 0 Å². The first-order chi connectivity index (χ1) is 8.22. The first kappa shape index (κ1) is 13.5. The minimum atomic E-state index is -0.181. The van der Waals surface area contributed by atoms with Gasteiger partial charge in [-0.15, -0.1) is 0 Å². The smallest absolute Gasteiger partial charge is 0.319 e. The fourth-order valence-electron chi connectivity index (χ4n) is 1.51. The minimum absolute atomic E-state index is 0.181. The van der Waals surface area contributed by atoms with E-state index in [1.165, 1.54) is 0 Å². The van der Waals surface area contributed by atoms with Crippen molar-refractivity contribution in [1.82, 2.24) is 5.32 Å². The number of carbonyl (C=O) groups excluding carboxylic acids is 1. The maximum atomic E-state index is 11.5. The summed E-state index contributed by atoms with van der Waals surface area (Å²) in [7, 11) is 0. The van der Waals surface area contributed by atoms with Gasteiger partial charge in [-0.1, -0.05) is 12.1 Å². The van der Waals surface area contributed by atoms with E-state index in [1.54, 1.807) is 0 Å². The summed E-state index contributed by atoms with van der Waals surface area (Å²) in [5, 5.41) is 14.1. The number of amides is 2. The summed E-state index contributed by atoms with van der Waals surface area (Å²) >= 11 is 0. The van der Waals surface area contributed by atoms with Gasteiger partial charge in [0.05, 0.1) is 0 Å². The van der Waals surface area contributed by atoms with E-state index in [0.29, 0.717) is 6.54 Å². The number of aliphatic hydroxyl groups is 1. The number of benzene rings is 1. The number of urea groups is 1. The zero-order chi connectivity index (χ0) is 12.5. The maximum Gasteiger partial charge on any atom is 0.319 e. The molecule has 0 spiro atoms. The molecular formula is C13H20N2O2. The molecular weight excluding hydrogens is 216 g/mol. The van der Waals surface area contributed by atoms with Gasteiger partial charge in [0.1, 0.15) is 0 Å². The molecule has 4 nitrogen and oxygen atoms in total. The Labute approximate surface area is 102 Å². The molecule has 0 bridgehead atoms. The Morgan fingerprint density at radius 1 is 1.29 bits per heavy atom. The fourth-order valence-corrected chi connectivity index (χ4v) is 1.51. The lowest BCUT2D eigenvalue weighted by Crippen LogP contribution is -2.29. The van der Waals surface area contributed by atoms with Crippen LogP contribution in [0.25, 0.3) is 0 Å². The van der Waals surface area contributed by atoms with Gasteiger partial charge in [-0.3, -0.25) is 0 Å². The third-order valence-electron chi connectivity index (χ3n) is 2.40. The number of anilines is 1. The van der Waals surface area contributed by atoms with Crippen LogP contribution in [0.5, 0.6) is 0 Å². The van der Waals surface area contributed by atoms with Gasteiger partial charge in [0, 0.05) is 18.8 Å². The number of unbranched alkanes of at least 4 members (excludes halogenated alkanes) is 2. The van der Waals surface area contributed by atoms with Gasteiger partial charge in [0.2, 0.25) is 0 Å². The molecule has 0 saturated heterocycles. The summed E-state index contributed by atoms with van der Waals surface area (Å²) in [4.78, 5) is 11.5. The van der Waals surface area contributed by atoms with E-state index < -0.39 is 0 Å². The second kappa shape index (κ2) is 7.68. The molecule has 94 valence electrons. The largest absolute Gasteiger partial charge is 0.396 e. The van der Waals surface area contributed by atoms with Crippen LogP contribution in [-0.2, 0) is 0 Å². The highest BCUT2D eigenvalue weighted by Crippen LogP contribution is 2.08. The lowest BCUT2D eigenvalue weighted by molar-refractivity contribution is 0.251. The molecule has 0 atom stereocenters. The van der Waals surface area contributed by atoms with Crippen molar-refractivity contribution in [3.63, 3.8) is 0 Å². The highest BCUT2D eigenvalue weighted by molar-refractivity contribution is 5.89. The van der Waals surface area contributed by atoms with Crippen LogP contribution in [0, 0.1) is 6.92 Å². The number of hydrogen-bond acceptors (Lipinski definition) is 2. The van der Waals surface area contributed by atoms with Gasteiger partial charge >= 0.3 is 6.03 Å². The van der Waals surface area contributed by atoms with Crippen LogP contribution >= 0.6 is 0 Å². The van der Waals surface area contributed by atoms with Gasteiger partial charge < -0.3 is 15.7 Å². The second-order valence-electron chi connectivity index (χ2n) is 4.03. The Morgan fingerprint density at radius 3 is 2.82 bits per heavy atom. The number of nitrogens with one attached hydrogen (secondary N) is 2. The molecule has 0 unspecified atom stereocenters. The van der Waals surface area contributed by atoms with Crippen LogP contribution in [-0.4, -0.2) is 24.3 Å². The van der Waals surface area contributed by atoms with Gasteiger partial charge in [0.25, 0.3) is 0 Å². The summed E-state index contributed by atoms with van der Waals surface area (Å²) in [6.07, 6.45) is 2.62. The van der Waals surface area contributed by atoms with Crippen LogP contribution in [0.1, 0.15) is 24.8 Å². The average molecular weight is 236 g/mol. The molecule has 17 heavy (non-hydrogen) atoms. The zero-order valence-corrected chi connectivity index (χ0v) is 10.2. The molecule has 0 fully saturated rings. The molecule has 0 saturated carbocycles. The molecule has 1 aromatic carbocycles. The Morgan fingerprint density at radius 2 is 2.12 bits per heavy atom. The highest BCUT2D eigenvalue weighted by Gasteiger charge is 2.00. The summed E-state index contributed by atoms with van der Waals surface area (Å²) in [5.41, 5.74) is 1.92. The summed E-state index contributed by atoms with van der Waals surface area (Å²) in [6.45, 7) is 2.84. The normalized spacial score (nSPS) is 10.0. The Kier molecular flexibility index (Phi) is 6.10. The Hall–Kier alpha value is -1.55. The van der Waals surface area contributed by atoms with E-state index in [4.69, 9.17) is 5.11 Å². The van der Waals surface area contributed by atoms with Crippen LogP contribution in [0.3, 0.4) is 0 Å². The van der Waals surface area contributed by atoms with E-state index in [-0.39, 0.29) is 12.6 Å². The van der Waals surface area contributed by atoms with E-state index in [1.807, 2.05) is 31.2 Å². The second-order valence-corrected chi connectivity index (χ2v) is 4.03.